The van der Waals surface area contributed by atoms with Crippen LogP contribution in [0.5, 0.6) is 0 Å². The number of aliphatic carboxylic acids is 1. The molecule has 43 heavy (non-hydrogen) atoms. The molecule has 11 nitrogen and oxygen atoms in total. The highest BCUT2D eigenvalue weighted by molar-refractivity contribution is 7.47. The van der Waals surface area contributed by atoms with E-state index in [-0.39, 0.29) is 12.8 Å². The van der Waals surface area contributed by atoms with Crippen LogP contribution in [0, 0.1) is 0 Å². The van der Waals surface area contributed by atoms with Gasteiger partial charge in [-0.1, -0.05) is 89.5 Å². The zero-order valence-electron chi connectivity index (χ0n) is 26.3. The first-order valence-electron chi connectivity index (χ1n) is 15.9. The Bertz CT molecular complexity index is 848. The van der Waals surface area contributed by atoms with Crippen molar-refractivity contribution in [3.8, 4) is 0 Å². The van der Waals surface area contributed by atoms with E-state index in [0.717, 1.165) is 64.2 Å². The number of rotatable bonds is 29. The Morgan fingerprint density at radius 1 is 0.744 bits per heavy atom. The summed E-state index contributed by atoms with van der Waals surface area (Å²) in [6.07, 6.45) is 23.0. The molecule has 0 aliphatic rings. The molecule has 0 heterocycles. The summed E-state index contributed by atoms with van der Waals surface area (Å²) in [6, 6.07) is -1.54. The van der Waals surface area contributed by atoms with Gasteiger partial charge in [0.15, 0.2) is 6.04 Å². The molecule has 0 rings (SSSR count). The Labute approximate surface area is 258 Å². The molecule has 0 radical (unpaired) electrons. The van der Waals surface area contributed by atoms with Gasteiger partial charge in [-0.05, 0) is 44.9 Å². The summed E-state index contributed by atoms with van der Waals surface area (Å²) < 4.78 is 26.4. The maximum Gasteiger partial charge on any atom is 0.472 e. The first-order valence-corrected chi connectivity index (χ1v) is 17.4. The summed E-state index contributed by atoms with van der Waals surface area (Å²) in [4.78, 5) is 45.0. The van der Waals surface area contributed by atoms with Gasteiger partial charge >= 0.3 is 19.8 Å². The number of phosphoric ester groups is 1. The maximum atomic E-state index is 12.1. The van der Waals surface area contributed by atoms with Crippen molar-refractivity contribution < 1.29 is 47.8 Å². The van der Waals surface area contributed by atoms with Crippen LogP contribution in [0.4, 0.5) is 0 Å². The van der Waals surface area contributed by atoms with Gasteiger partial charge in [-0.2, -0.15) is 0 Å². The number of allylic oxidation sites excluding steroid dienone is 4. The van der Waals surface area contributed by atoms with Crippen molar-refractivity contribution in [2.24, 2.45) is 0 Å². The number of ether oxygens (including phenoxy) is 1. The molecule has 1 amide bonds. The van der Waals surface area contributed by atoms with Crippen LogP contribution in [0.2, 0.25) is 0 Å². The molecule has 3 unspecified atom stereocenters. The zero-order valence-corrected chi connectivity index (χ0v) is 27.1. The molecule has 0 aromatic rings. The molecule has 12 heteroatoms. The summed E-state index contributed by atoms with van der Waals surface area (Å²) in [5, 5.41) is 21.4. The third kappa shape index (κ3) is 27.3. The lowest BCUT2D eigenvalue weighted by Gasteiger charge is -2.18. The summed E-state index contributed by atoms with van der Waals surface area (Å²) in [5.41, 5.74) is 0. The lowest BCUT2D eigenvalue weighted by atomic mass is 10.1. The Morgan fingerprint density at radius 2 is 1.28 bits per heavy atom. The molecule has 0 aromatic heterocycles. The van der Waals surface area contributed by atoms with E-state index in [2.05, 4.69) is 45.6 Å². The van der Waals surface area contributed by atoms with Crippen molar-refractivity contribution in [3.05, 3.63) is 24.3 Å². The fourth-order valence-electron chi connectivity index (χ4n) is 3.93. The second kappa shape index (κ2) is 27.5. The third-order valence-electron chi connectivity index (χ3n) is 6.49. The fraction of sp³-hybridized carbons (Fsp3) is 0.774. The summed E-state index contributed by atoms with van der Waals surface area (Å²) in [7, 11) is -4.73. The number of carboxylic acid groups (broad SMARTS) is 1. The van der Waals surface area contributed by atoms with Crippen molar-refractivity contribution in [3.63, 3.8) is 0 Å². The average Bonchev–Trinajstić information content (AvgIpc) is 2.97. The number of phosphoric acid groups is 1. The predicted octanol–water partition coefficient (Wildman–Crippen LogP) is 6.38. The van der Waals surface area contributed by atoms with E-state index in [0.29, 0.717) is 12.8 Å². The van der Waals surface area contributed by atoms with Crippen LogP contribution in [0.1, 0.15) is 123 Å². The van der Waals surface area contributed by atoms with Crippen LogP contribution < -0.4 is 5.32 Å². The molecular formula is C31H56NO10P. The molecular weight excluding hydrogens is 577 g/mol. The minimum atomic E-state index is -4.73. The van der Waals surface area contributed by atoms with Crippen molar-refractivity contribution in [2.75, 3.05) is 19.8 Å². The summed E-state index contributed by atoms with van der Waals surface area (Å²) >= 11 is 0. The van der Waals surface area contributed by atoms with E-state index in [1.807, 2.05) is 6.92 Å². The Hall–Kier alpha value is -2.04. The molecule has 0 spiro atoms. The highest BCUT2D eigenvalue weighted by Gasteiger charge is 2.28. The number of hydrogen-bond donors (Lipinski definition) is 4. The molecule has 0 aliphatic heterocycles. The SMILES string of the molecule is CCCCC/C=C\C/C=C\CCCCCCCC(=O)OCC(O)COP(=O)(O)OCC(NC(=O)CCCCCC)C(=O)O. The number of esters is 1. The summed E-state index contributed by atoms with van der Waals surface area (Å²) in [5.74, 6) is -2.42. The summed E-state index contributed by atoms with van der Waals surface area (Å²) in [6.45, 7) is 2.33. The number of carboxylic acids is 1. The van der Waals surface area contributed by atoms with E-state index < -0.39 is 57.6 Å². The normalized spacial score (nSPS) is 14.5. The number of hydrogen-bond acceptors (Lipinski definition) is 8. The van der Waals surface area contributed by atoms with Gasteiger partial charge in [0.05, 0.1) is 13.2 Å². The van der Waals surface area contributed by atoms with Crippen LogP contribution in [0.3, 0.4) is 0 Å². The van der Waals surface area contributed by atoms with E-state index in [4.69, 9.17) is 4.74 Å². The Kier molecular flexibility index (Phi) is 26.2. The third-order valence-corrected chi connectivity index (χ3v) is 7.44. The number of aliphatic hydroxyl groups is 1. The van der Waals surface area contributed by atoms with Gasteiger partial charge in [0, 0.05) is 12.8 Å². The van der Waals surface area contributed by atoms with Crippen LogP contribution in [0.15, 0.2) is 24.3 Å². The van der Waals surface area contributed by atoms with Gasteiger partial charge in [0.1, 0.15) is 12.7 Å². The molecule has 0 fully saturated rings. The van der Waals surface area contributed by atoms with Crippen molar-refractivity contribution in [1.29, 1.82) is 0 Å². The number of amides is 1. The van der Waals surface area contributed by atoms with Crippen molar-refractivity contribution in [1.82, 2.24) is 5.32 Å². The van der Waals surface area contributed by atoms with E-state index in [9.17, 15) is 34.1 Å². The highest BCUT2D eigenvalue weighted by Crippen LogP contribution is 2.43. The molecule has 0 saturated carbocycles. The van der Waals surface area contributed by atoms with Crippen LogP contribution >= 0.6 is 7.82 Å². The number of aliphatic hydroxyl groups excluding tert-OH is 1. The average molecular weight is 634 g/mol. The van der Waals surface area contributed by atoms with Gasteiger partial charge in [-0.25, -0.2) is 9.36 Å². The quantitative estimate of drug-likeness (QED) is 0.0314. The molecule has 0 bridgehead atoms. The first-order chi connectivity index (χ1) is 20.6. The van der Waals surface area contributed by atoms with Gasteiger partial charge in [-0.15, -0.1) is 0 Å². The number of unbranched alkanes of at least 4 members (excludes halogenated alkanes) is 11. The molecule has 3 atom stereocenters. The Morgan fingerprint density at radius 3 is 1.93 bits per heavy atom. The molecule has 0 saturated heterocycles. The number of carbonyl (C=O) groups excluding carboxylic acids is 2. The molecule has 4 N–H and O–H groups in total. The molecule has 0 aromatic carbocycles. The molecule has 0 aliphatic carbocycles. The first kappa shape index (κ1) is 41.0. The van der Waals surface area contributed by atoms with Crippen molar-refractivity contribution >= 4 is 25.7 Å². The van der Waals surface area contributed by atoms with Gasteiger partial charge in [0.2, 0.25) is 5.91 Å². The maximum absolute atomic E-state index is 12.1. The lowest BCUT2D eigenvalue weighted by Crippen LogP contribution is -2.43. The fourth-order valence-corrected chi connectivity index (χ4v) is 4.70. The van der Waals surface area contributed by atoms with E-state index in [1.54, 1.807) is 0 Å². The van der Waals surface area contributed by atoms with E-state index in [1.165, 1.54) is 19.3 Å². The van der Waals surface area contributed by atoms with Gasteiger partial charge in [-0.3, -0.25) is 18.6 Å². The standard InChI is InChI=1S/C31H56NO10P/c1-3-5-7-9-10-11-12-13-14-15-16-17-18-19-21-23-30(35)40-24-27(33)25-41-43(38,39)42-26-28(31(36)37)32-29(34)22-20-8-6-4-2/h10-11,13-14,27-28,33H,3-9,12,15-26H2,1-2H3,(H,32,34)(H,36,37)(H,38,39)/b11-10-,14-13-. The predicted molar refractivity (Wildman–Crippen MR) is 166 cm³/mol. The van der Waals surface area contributed by atoms with Gasteiger partial charge in [0.25, 0.3) is 0 Å². The Balaban J connectivity index is 3.96. The minimum Gasteiger partial charge on any atom is -0.480 e. The monoisotopic (exact) mass is 633 g/mol. The minimum absolute atomic E-state index is 0.136. The zero-order chi connectivity index (χ0) is 32.2. The number of nitrogens with one attached hydrogen (secondary N) is 1. The highest BCUT2D eigenvalue weighted by atomic mass is 31.2. The number of carbonyl (C=O) groups is 3. The van der Waals surface area contributed by atoms with Crippen LogP contribution in [-0.2, 0) is 32.7 Å². The lowest BCUT2D eigenvalue weighted by molar-refractivity contribution is -0.147. The van der Waals surface area contributed by atoms with E-state index >= 15 is 0 Å². The smallest absolute Gasteiger partial charge is 0.472 e. The second-order valence-corrected chi connectivity index (χ2v) is 12.1. The topological polar surface area (TPSA) is 169 Å². The second-order valence-electron chi connectivity index (χ2n) is 10.6. The van der Waals surface area contributed by atoms with Crippen LogP contribution in [-0.4, -0.2) is 64.9 Å². The van der Waals surface area contributed by atoms with Crippen LogP contribution in [0.25, 0.3) is 0 Å². The molecule has 250 valence electrons. The largest absolute Gasteiger partial charge is 0.480 e. The van der Waals surface area contributed by atoms with Crippen molar-refractivity contribution in [2.45, 2.75) is 135 Å². The van der Waals surface area contributed by atoms with Gasteiger partial charge < -0.3 is 25.2 Å².